The maximum absolute atomic E-state index is 13.2. The van der Waals surface area contributed by atoms with Crippen LogP contribution < -0.4 is 16.1 Å². The van der Waals surface area contributed by atoms with Gasteiger partial charge in [0, 0.05) is 39.7 Å². The maximum Gasteiger partial charge on any atom is 0.332 e. The minimum Gasteiger partial charge on any atom is -0.414 e. The third-order valence-electron chi connectivity index (χ3n) is 6.93. The number of amides is 1. The first-order valence-corrected chi connectivity index (χ1v) is 14.3. The van der Waals surface area contributed by atoms with Crippen molar-refractivity contribution in [3.63, 3.8) is 0 Å². The Hall–Kier alpha value is -2.20. The molecule has 9 nitrogen and oxygen atoms in total. The summed E-state index contributed by atoms with van der Waals surface area (Å²) in [4.78, 5) is 43.9. The number of carbonyl (C=O) groups excluding carboxylic acids is 1. The zero-order valence-corrected chi connectivity index (χ0v) is 21.7. The predicted octanol–water partition coefficient (Wildman–Crippen LogP) is 2.84. The molecule has 32 heavy (non-hydrogen) atoms. The molecule has 10 heteroatoms. The van der Waals surface area contributed by atoms with Crippen LogP contribution in [0, 0.1) is 0 Å². The maximum atomic E-state index is 13.2. The van der Waals surface area contributed by atoms with Crippen molar-refractivity contribution in [2.75, 3.05) is 11.4 Å². The summed E-state index contributed by atoms with van der Waals surface area (Å²) >= 11 is 0. The van der Waals surface area contributed by atoms with Gasteiger partial charge in [-0.15, -0.1) is 0 Å². The van der Waals surface area contributed by atoms with Gasteiger partial charge >= 0.3 is 5.69 Å². The first-order chi connectivity index (χ1) is 14.8. The van der Waals surface area contributed by atoms with Gasteiger partial charge in [0.25, 0.3) is 5.56 Å². The number of hydrogen-bond acceptors (Lipinski definition) is 5. The fraction of sp³-hybridized carbons (Fsp3) is 0.727. The minimum absolute atomic E-state index is 0.126. The van der Waals surface area contributed by atoms with Crippen molar-refractivity contribution in [2.24, 2.45) is 7.05 Å². The third kappa shape index (κ3) is 4.34. The molecule has 3 rings (SSSR count). The number of unbranched alkanes of at least 4 members (excludes halogenated alkanes) is 1. The number of aromatic nitrogens is 4. The largest absolute Gasteiger partial charge is 0.414 e. The van der Waals surface area contributed by atoms with Gasteiger partial charge in [-0.1, -0.05) is 20.8 Å². The zero-order chi connectivity index (χ0) is 24.0. The van der Waals surface area contributed by atoms with Crippen LogP contribution in [0.2, 0.25) is 18.1 Å². The van der Waals surface area contributed by atoms with Gasteiger partial charge < -0.3 is 8.99 Å². The molecule has 1 aliphatic rings. The fourth-order valence-electron chi connectivity index (χ4n) is 4.01. The van der Waals surface area contributed by atoms with Crippen LogP contribution in [-0.4, -0.2) is 45.6 Å². The number of imidazole rings is 1. The zero-order valence-electron chi connectivity index (χ0n) is 20.7. The van der Waals surface area contributed by atoms with E-state index in [-0.39, 0.29) is 28.3 Å². The van der Waals surface area contributed by atoms with Crippen LogP contribution in [-0.2, 0) is 29.4 Å². The molecule has 0 spiro atoms. The number of nitrogens with zero attached hydrogens (tertiary/aromatic N) is 5. The molecule has 178 valence electrons. The first-order valence-electron chi connectivity index (χ1n) is 11.4. The van der Waals surface area contributed by atoms with E-state index in [1.165, 1.54) is 21.0 Å². The summed E-state index contributed by atoms with van der Waals surface area (Å²) in [7, 11) is -0.189. The molecule has 3 heterocycles. The lowest BCUT2D eigenvalue weighted by atomic mass is 10.2. The van der Waals surface area contributed by atoms with Gasteiger partial charge in [-0.3, -0.25) is 23.6 Å². The van der Waals surface area contributed by atoms with E-state index < -0.39 is 8.32 Å². The molecule has 0 bridgehead atoms. The van der Waals surface area contributed by atoms with Gasteiger partial charge in [-0.2, -0.15) is 4.98 Å². The molecule has 1 atom stereocenters. The summed E-state index contributed by atoms with van der Waals surface area (Å²) in [6, 6.07) is 0. The van der Waals surface area contributed by atoms with Crippen LogP contribution in [0.15, 0.2) is 9.59 Å². The average molecular weight is 464 g/mol. The van der Waals surface area contributed by atoms with Crippen molar-refractivity contribution >= 4 is 31.3 Å². The summed E-state index contributed by atoms with van der Waals surface area (Å²) in [6.07, 6.45) is 2.62. The van der Waals surface area contributed by atoms with E-state index in [4.69, 9.17) is 4.43 Å². The Labute approximate surface area is 190 Å². The standard InChI is InChI=1S/C22H37N5O4Si/c1-15(31-32(7,8)22(3,4)5)11-9-10-12-27-19(29)17-18(24(6)21(27)30)23-20-25(16(2)28)13-14-26(17)20/h15H,9-14H2,1-8H3/t15-/m1/s1. The van der Waals surface area contributed by atoms with E-state index in [2.05, 4.69) is 45.8 Å². The second-order valence-electron chi connectivity index (χ2n) is 10.4. The summed E-state index contributed by atoms with van der Waals surface area (Å²) in [5.74, 6) is 0.312. The molecule has 0 aromatic carbocycles. The molecule has 0 unspecified atom stereocenters. The first kappa shape index (κ1) is 24.4. The molecule has 1 amide bonds. The summed E-state index contributed by atoms with van der Waals surface area (Å²) in [5.41, 5.74) is 0.00566. The van der Waals surface area contributed by atoms with E-state index in [0.29, 0.717) is 43.2 Å². The second kappa shape index (κ2) is 8.62. The van der Waals surface area contributed by atoms with Crippen LogP contribution in [0.5, 0.6) is 0 Å². The Balaban J connectivity index is 1.74. The van der Waals surface area contributed by atoms with Crippen molar-refractivity contribution in [3.8, 4) is 0 Å². The van der Waals surface area contributed by atoms with E-state index in [0.717, 1.165) is 12.8 Å². The van der Waals surface area contributed by atoms with E-state index >= 15 is 0 Å². The number of carbonyl (C=O) groups is 1. The Bertz CT molecular complexity index is 1140. The molecular weight excluding hydrogens is 426 g/mol. The third-order valence-corrected chi connectivity index (χ3v) is 11.5. The molecule has 0 saturated heterocycles. The number of rotatable bonds is 7. The molecule has 2 aromatic rings. The topological polar surface area (TPSA) is 91.4 Å². The normalized spacial score (nSPS) is 15.4. The van der Waals surface area contributed by atoms with Gasteiger partial charge in [-0.05, 0) is 44.3 Å². The fourth-order valence-corrected chi connectivity index (χ4v) is 5.49. The second-order valence-corrected chi connectivity index (χ2v) is 15.1. The van der Waals surface area contributed by atoms with Crippen molar-refractivity contribution < 1.29 is 9.22 Å². The van der Waals surface area contributed by atoms with Gasteiger partial charge in [-0.25, -0.2) is 4.79 Å². The molecule has 1 aliphatic heterocycles. The summed E-state index contributed by atoms with van der Waals surface area (Å²) in [6.45, 7) is 16.1. The van der Waals surface area contributed by atoms with E-state index in [1.54, 1.807) is 11.6 Å². The molecule has 0 N–H and O–H groups in total. The number of fused-ring (bicyclic) bond motifs is 3. The van der Waals surface area contributed by atoms with Crippen molar-refractivity contribution in [3.05, 3.63) is 20.8 Å². The number of aryl methyl sites for hydroxylation is 1. The highest BCUT2D eigenvalue weighted by Crippen LogP contribution is 2.37. The highest BCUT2D eigenvalue weighted by molar-refractivity contribution is 6.74. The molecular formula is C22H37N5O4Si. The Morgan fingerprint density at radius 2 is 1.84 bits per heavy atom. The SMILES string of the molecule is CC(=O)N1CCn2c1nc1c2c(=O)n(CCCC[C@@H](C)O[Si](C)(C)C(C)(C)C)c(=O)n1C. The molecule has 0 fully saturated rings. The van der Waals surface area contributed by atoms with E-state index in [9.17, 15) is 14.4 Å². The average Bonchev–Trinajstić information content (AvgIpc) is 3.23. The van der Waals surface area contributed by atoms with Gasteiger partial charge in [0.2, 0.25) is 11.9 Å². The lowest BCUT2D eigenvalue weighted by Crippen LogP contribution is -2.43. The van der Waals surface area contributed by atoms with Crippen molar-refractivity contribution in [1.29, 1.82) is 0 Å². The van der Waals surface area contributed by atoms with Crippen LogP contribution in [0.4, 0.5) is 5.95 Å². The Kier molecular flexibility index (Phi) is 6.59. The monoisotopic (exact) mass is 463 g/mol. The van der Waals surface area contributed by atoms with Crippen molar-refractivity contribution in [2.45, 2.75) is 91.2 Å². The minimum atomic E-state index is -1.81. The summed E-state index contributed by atoms with van der Waals surface area (Å²) < 4.78 is 10.9. The smallest absolute Gasteiger partial charge is 0.332 e. The molecule has 0 aliphatic carbocycles. The Morgan fingerprint density at radius 3 is 2.44 bits per heavy atom. The molecule has 0 saturated carbocycles. The van der Waals surface area contributed by atoms with Gasteiger partial charge in [0.1, 0.15) is 0 Å². The highest BCUT2D eigenvalue weighted by atomic mass is 28.4. The van der Waals surface area contributed by atoms with Crippen LogP contribution >= 0.6 is 0 Å². The molecule has 2 aromatic heterocycles. The highest BCUT2D eigenvalue weighted by Gasteiger charge is 2.38. The van der Waals surface area contributed by atoms with Crippen LogP contribution in [0.25, 0.3) is 11.2 Å². The quantitative estimate of drug-likeness (QED) is 0.465. The van der Waals surface area contributed by atoms with Gasteiger partial charge in [0.15, 0.2) is 19.5 Å². The van der Waals surface area contributed by atoms with Crippen LogP contribution in [0.1, 0.15) is 53.9 Å². The van der Waals surface area contributed by atoms with Gasteiger partial charge in [0.05, 0.1) is 0 Å². The lowest BCUT2D eigenvalue weighted by Gasteiger charge is -2.38. The lowest BCUT2D eigenvalue weighted by molar-refractivity contribution is -0.116. The summed E-state index contributed by atoms with van der Waals surface area (Å²) in [5, 5.41) is 0.166. The molecule has 0 radical (unpaired) electrons. The van der Waals surface area contributed by atoms with Crippen LogP contribution in [0.3, 0.4) is 0 Å². The van der Waals surface area contributed by atoms with Crippen molar-refractivity contribution in [1.82, 2.24) is 18.7 Å². The van der Waals surface area contributed by atoms with E-state index in [1.807, 2.05) is 0 Å². The Morgan fingerprint density at radius 1 is 1.19 bits per heavy atom. The predicted molar refractivity (Wildman–Crippen MR) is 129 cm³/mol. The number of anilines is 1. The number of hydrogen-bond donors (Lipinski definition) is 0.